The second-order valence-electron chi connectivity index (χ2n) is 5.73. The molecule has 27 heavy (non-hydrogen) atoms. The standard InChI is InChI=1S/C22H16ClNO3/c23-18-10-11-21(17(12-18)13-24)27-15-20(25)19-8-4-5-9-22(19)26-14-16-6-2-1-3-7-16/h1-12H,14-15H2. The van der Waals surface area contributed by atoms with Crippen LogP contribution in [0.4, 0.5) is 0 Å². The SMILES string of the molecule is N#Cc1cc(Cl)ccc1OCC(=O)c1ccccc1OCc1ccccc1. The lowest BCUT2D eigenvalue weighted by atomic mass is 10.1. The number of para-hydroxylation sites is 1. The fourth-order valence-corrected chi connectivity index (χ4v) is 2.67. The number of carbonyl (C=O) groups excluding carboxylic acids is 1. The third-order valence-electron chi connectivity index (χ3n) is 3.85. The van der Waals surface area contributed by atoms with Crippen LogP contribution in [0, 0.1) is 11.3 Å². The molecule has 3 aromatic rings. The summed E-state index contributed by atoms with van der Waals surface area (Å²) in [4.78, 5) is 12.6. The number of hydrogen-bond donors (Lipinski definition) is 0. The summed E-state index contributed by atoms with van der Waals surface area (Å²) in [5.74, 6) is 0.571. The van der Waals surface area contributed by atoms with Crippen molar-refractivity contribution in [2.45, 2.75) is 6.61 Å². The molecule has 4 nitrogen and oxygen atoms in total. The average molecular weight is 378 g/mol. The number of hydrogen-bond acceptors (Lipinski definition) is 4. The largest absolute Gasteiger partial charge is 0.488 e. The van der Waals surface area contributed by atoms with Crippen molar-refractivity contribution in [1.29, 1.82) is 5.26 Å². The summed E-state index contributed by atoms with van der Waals surface area (Å²) in [6, 6.07) is 23.4. The van der Waals surface area contributed by atoms with Crippen molar-refractivity contribution < 1.29 is 14.3 Å². The highest BCUT2D eigenvalue weighted by atomic mass is 35.5. The van der Waals surface area contributed by atoms with E-state index in [4.69, 9.17) is 26.3 Å². The third-order valence-corrected chi connectivity index (χ3v) is 4.08. The molecule has 0 saturated heterocycles. The topological polar surface area (TPSA) is 59.3 Å². The Morgan fingerprint density at radius 3 is 2.44 bits per heavy atom. The van der Waals surface area contributed by atoms with E-state index in [-0.39, 0.29) is 18.0 Å². The van der Waals surface area contributed by atoms with Crippen LogP contribution >= 0.6 is 11.6 Å². The second-order valence-corrected chi connectivity index (χ2v) is 6.17. The Labute approximate surface area is 162 Å². The zero-order valence-electron chi connectivity index (χ0n) is 14.4. The van der Waals surface area contributed by atoms with Crippen LogP contribution in [0.15, 0.2) is 72.8 Å². The number of rotatable bonds is 7. The molecule has 134 valence electrons. The molecule has 0 heterocycles. The third kappa shape index (κ3) is 4.87. The van der Waals surface area contributed by atoms with Gasteiger partial charge < -0.3 is 9.47 Å². The molecule has 0 radical (unpaired) electrons. The van der Waals surface area contributed by atoms with Crippen LogP contribution in [0.25, 0.3) is 0 Å². The summed E-state index contributed by atoms with van der Waals surface area (Å²) in [5, 5.41) is 9.59. The van der Waals surface area contributed by atoms with Gasteiger partial charge in [0.1, 0.15) is 24.2 Å². The first kappa shape index (κ1) is 18.5. The van der Waals surface area contributed by atoms with Crippen LogP contribution in [-0.2, 0) is 6.61 Å². The van der Waals surface area contributed by atoms with E-state index >= 15 is 0 Å². The van der Waals surface area contributed by atoms with Gasteiger partial charge in [0, 0.05) is 5.02 Å². The van der Waals surface area contributed by atoms with E-state index in [0.717, 1.165) is 5.56 Å². The van der Waals surface area contributed by atoms with Crippen molar-refractivity contribution in [3.63, 3.8) is 0 Å². The molecule has 0 saturated carbocycles. The van der Waals surface area contributed by atoms with Gasteiger partial charge in [-0.1, -0.05) is 54.1 Å². The number of ketones is 1. The molecule has 0 amide bonds. The average Bonchev–Trinajstić information content (AvgIpc) is 2.72. The maximum absolute atomic E-state index is 12.6. The van der Waals surface area contributed by atoms with Crippen LogP contribution in [-0.4, -0.2) is 12.4 Å². The van der Waals surface area contributed by atoms with E-state index in [2.05, 4.69) is 0 Å². The van der Waals surface area contributed by atoms with E-state index in [9.17, 15) is 4.79 Å². The van der Waals surface area contributed by atoms with E-state index in [1.807, 2.05) is 42.5 Å². The van der Waals surface area contributed by atoms with E-state index in [1.165, 1.54) is 6.07 Å². The van der Waals surface area contributed by atoms with Crippen LogP contribution in [0.2, 0.25) is 5.02 Å². The van der Waals surface area contributed by atoms with Gasteiger partial charge in [-0.3, -0.25) is 4.79 Å². The summed E-state index contributed by atoms with van der Waals surface area (Å²) in [6.07, 6.45) is 0. The Morgan fingerprint density at radius 1 is 0.926 bits per heavy atom. The number of nitrogens with zero attached hydrogens (tertiary/aromatic N) is 1. The van der Waals surface area contributed by atoms with Gasteiger partial charge in [0.05, 0.1) is 11.1 Å². The van der Waals surface area contributed by atoms with Crippen LogP contribution in [0.3, 0.4) is 0 Å². The van der Waals surface area contributed by atoms with Gasteiger partial charge in [0.25, 0.3) is 0 Å². The minimum atomic E-state index is -0.238. The highest BCUT2D eigenvalue weighted by molar-refractivity contribution is 6.30. The summed E-state index contributed by atoms with van der Waals surface area (Å²) in [7, 11) is 0. The Balaban J connectivity index is 1.69. The van der Waals surface area contributed by atoms with E-state index in [1.54, 1.807) is 30.3 Å². The maximum Gasteiger partial charge on any atom is 0.203 e. The van der Waals surface area contributed by atoms with Crippen molar-refractivity contribution in [2.24, 2.45) is 0 Å². The molecule has 0 unspecified atom stereocenters. The van der Waals surface area contributed by atoms with Gasteiger partial charge in [-0.2, -0.15) is 5.26 Å². The zero-order valence-corrected chi connectivity index (χ0v) is 15.1. The predicted molar refractivity (Wildman–Crippen MR) is 103 cm³/mol. The predicted octanol–water partition coefficient (Wildman–Crippen LogP) is 5.05. The number of carbonyl (C=O) groups is 1. The Morgan fingerprint density at radius 2 is 1.67 bits per heavy atom. The molecule has 0 N–H and O–H groups in total. The first-order valence-corrected chi connectivity index (χ1v) is 8.66. The van der Waals surface area contributed by atoms with Crippen molar-refractivity contribution in [2.75, 3.05) is 6.61 Å². The number of nitriles is 1. The lowest BCUT2D eigenvalue weighted by Crippen LogP contribution is -2.13. The van der Waals surface area contributed by atoms with E-state index in [0.29, 0.717) is 28.7 Å². The first-order valence-electron chi connectivity index (χ1n) is 8.29. The monoisotopic (exact) mass is 377 g/mol. The van der Waals surface area contributed by atoms with Crippen molar-refractivity contribution in [3.8, 4) is 17.6 Å². The Bertz CT molecular complexity index is 980. The maximum atomic E-state index is 12.6. The molecule has 3 rings (SSSR count). The summed E-state index contributed by atoms with van der Waals surface area (Å²) < 4.78 is 11.3. The molecule has 3 aromatic carbocycles. The molecule has 0 aliphatic heterocycles. The first-order chi connectivity index (χ1) is 13.2. The number of Topliss-reactive ketones (excluding diaryl/α,β-unsaturated/α-hetero) is 1. The van der Waals surface area contributed by atoms with Crippen LogP contribution < -0.4 is 9.47 Å². The minimum absolute atomic E-state index is 0.206. The van der Waals surface area contributed by atoms with Gasteiger partial charge >= 0.3 is 0 Å². The Kier molecular flexibility index (Phi) is 6.09. The van der Waals surface area contributed by atoms with Gasteiger partial charge in [0.2, 0.25) is 5.78 Å². The van der Waals surface area contributed by atoms with Crippen molar-refractivity contribution in [1.82, 2.24) is 0 Å². The second kappa shape index (κ2) is 8.88. The van der Waals surface area contributed by atoms with Crippen LogP contribution in [0.5, 0.6) is 11.5 Å². The lowest BCUT2D eigenvalue weighted by molar-refractivity contribution is 0.0917. The lowest BCUT2D eigenvalue weighted by Gasteiger charge is -2.12. The molecule has 0 spiro atoms. The highest BCUT2D eigenvalue weighted by Gasteiger charge is 2.14. The molecular formula is C22H16ClNO3. The van der Waals surface area contributed by atoms with Gasteiger partial charge in [-0.25, -0.2) is 0 Å². The fraction of sp³-hybridized carbons (Fsp3) is 0.0909. The molecule has 0 atom stereocenters. The molecule has 0 aliphatic rings. The molecule has 0 bridgehead atoms. The van der Waals surface area contributed by atoms with Crippen molar-refractivity contribution >= 4 is 17.4 Å². The quantitative estimate of drug-likeness (QED) is 0.540. The summed E-state index contributed by atoms with van der Waals surface area (Å²) in [5.41, 5.74) is 1.72. The number of ether oxygens (including phenoxy) is 2. The Hall–Kier alpha value is -3.29. The van der Waals surface area contributed by atoms with Crippen LogP contribution in [0.1, 0.15) is 21.5 Å². The van der Waals surface area contributed by atoms with Gasteiger partial charge in [-0.05, 0) is 35.9 Å². The smallest absolute Gasteiger partial charge is 0.203 e. The molecule has 0 aromatic heterocycles. The molecule has 0 aliphatic carbocycles. The normalized spacial score (nSPS) is 10.1. The summed E-state index contributed by atoms with van der Waals surface area (Å²) in [6.45, 7) is 0.157. The summed E-state index contributed by atoms with van der Waals surface area (Å²) >= 11 is 5.87. The van der Waals surface area contributed by atoms with Gasteiger partial charge in [0.15, 0.2) is 6.61 Å². The highest BCUT2D eigenvalue weighted by Crippen LogP contribution is 2.24. The molecule has 5 heteroatoms. The molecule has 0 fully saturated rings. The fourth-order valence-electron chi connectivity index (χ4n) is 2.49. The number of benzene rings is 3. The minimum Gasteiger partial charge on any atom is -0.488 e. The van der Waals surface area contributed by atoms with Crippen molar-refractivity contribution in [3.05, 3.63) is 94.5 Å². The van der Waals surface area contributed by atoms with Gasteiger partial charge in [-0.15, -0.1) is 0 Å². The molecular weight excluding hydrogens is 362 g/mol. The number of halogens is 1. The zero-order chi connectivity index (χ0) is 19.1. The van der Waals surface area contributed by atoms with E-state index < -0.39 is 0 Å².